The van der Waals surface area contributed by atoms with E-state index < -0.39 is 11.0 Å². The highest BCUT2D eigenvalue weighted by Crippen LogP contribution is 2.48. The Bertz CT molecular complexity index is 1320. The predicted octanol–water partition coefficient (Wildman–Crippen LogP) is 6.85. The summed E-state index contributed by atoms with van der Waals surface area (Å²) in [6.07, 6.45) is 10.5. The second kappa shape index (κ2) is 12.9. The molecule has 1 spiro atoms. The largest absolute Gasteiger partial charge is 0.490 e. The van der Waals surface area contributed by atoms with E-state index >= 15 is 0 Å². The maximum atomic E-state index is 13.4. The first-order chi connectivity index (χ1) is 20.4. The van der Waals surface area contributed by atoms with E-state index in [2.05, 4.69) is 28.7 Å². The van der Waals surface area contributed by atoms with Crippen LogP contribution in [0.25, 0.3) is 0 Å². The Kier molecular flexibility index (Phi) is 9.18. The molecule has 8 heteroatoms. The minimum absolute atomic E-state index is 0.0421. The molecule has 6 rings (SSSR count). The van der Waals surface area contributed by atoms with Crippen molar-refractivity contribution < 1.29 is 18.5 Å². The van der Waals surface area contributed by atoms with Gasteiger partial charge >= 0.3 is 0 Å². The topological polar surface area (TPSA) is 67.9 Å². The maximum absolute atomic E-state index is 13.4. The Morgan fingerprint density at radius 1 is 1.12 bits per heavy atom. The molecule has 228 valence electrons. The Labute approximate surface area is 258 Å². The number of halogens is 1. The molecule has 42 heavy (non-hydrogen) atoms. The standard InChI is InChI=1S/C34H45ClN2O4S/c1-3-28-9-5-4-7-26(20-40-2)29-13-10-25(29)19-37-21-34(16-6-8-23-17-27(35)12-14-30(23)34)22-41-32-15-11-24(18-31(32)37)33(38)36-42(28)39/h11-12,14-15,17-18,25-26,28-29H,3-10,13,16,19-22H2,1-2H3,(H,36,38)/t25?,26?,28?,29?,34-,42?/m0/s1. The lowest BCUT2D eigenvalue weighted by atomic mass is 9.65. The molecule has 0 saturated heterocycles. The molecule has 2 aromatic rings. The molecule has 1 amide bonds. The van der Waals surface area contributed by atoms with Gasteiger partial charge in [-0.3, -0.25) is 9.52 Å². The van der Waals surface area contributed by atoms with Crippen molar-refractivity contribution in [1.82, 2.24) is 4.72 Å². The van der Waals surface area contributed by atoms with Crippen molar-refractivity contribution in [3.05, 3.63) is 58.1 Å². The van der Waals surface area contributed by atoms with Crippen molar-refractivity contribution in [2.24, 2.45) is 17.8 Å². The van der Waals surface area contributed by atoms with Crippen molar-refractivity contribution >= 4 is 34.2 Å². The van der Waals surface area contributed by atoms with Gasteiger partial charge < -0.3 is 14.4 Å². The molecule has 6 nitrogen and oxygen atoms in total. The number of amides is 1. The highest BCUT2D eigenvalue weighted by atomic mass is 35.5. The first-order valence-corrected chi connectivity index (χ1v) is 17.5. The molecule has 2 aromatic carbocycles. The molecule has 2 heterocycles. The summed E-state index contributed by atoms with van der Waals surface area (Å²) in [7, 11) is 0.401. The van der Waals surface area contributed by atoms with Gasteiger partial charge in [-0.2, -0.15) is 0 Å². The van der Waals surface area contributed by atoms with E-state index in [1.54, 1.807) is 0 Å². The number of methoxy groups -OCH3 is 1. The van der Waals surface area contributed by atoms with Crippen LogP contribution in [0.2, 0.25) is 5.02 Å². The summed E-state index contributed by atoms with van der Waals surface area (Å²) in [6.45, 7) is 5.22. The molecule has 0 aromatic heterocycles. The average Bonchev–Trinajstić information content (AvgIpc) is 3.11. The number of ether oxygens (including phenoxy) is 2. The van der Waals surface area contributed by atoms with Crippen LogP contribution in [0.3, 0.4) is 0 Å². The van der Waals surface area contributed by atoms with Crippen LogP contribution in [0.5, 0.6) is 5.75 Å². The number of rotatable bonds is 3. The SMILES string of the molecule is CCC1CCCCC(COC)C2CCC2CN2C[C@@]3(CCCc4cc(Cl)ccc43)COc3ccc(cc32)C(=O)NS1=O. The van der Waals surface area contributed by atoms with E-state index in [9.17, 15) is 9.00 Å². The lowest BCUT2D eigenvalue weighted by Crippen LogP contribution is -2.49. The van der Waals surface area contributed by atoms with Gasteiger partial charge in [0.25, 0.3) is 5.91 Å². The zero-order valence-electron chi connectivity index (χ0n) is 25.0. The van der Waals surface area contributed by atoms with Crippen molar-refractivity contribution in [3.63, 3.8) is 0 Å². The molecule has 6 atom stereocenters. The van der Waals surface area contributed by atoms with Gasteiger partial charge in [0.05, 0.1) is 17.5 Å². The Morgan fingerprint density at radius 3 is 2.76 bits per heavy atom. The summed E-state index contributed by atoms with van der Waals surface area (Å²) < 4.78 is 28.4. The molecule has 5 unspecified atom stereocenters. The highest BCUT2D eigenvalue weighted by Gasteiger charge is 2.44. The van der Waals surface area contributed by atoms with Gasteiger partial charge in [0.1, 0.15) is 16.7 Å². The molecule has 1 N–H and O–H groups in total. The minimum Gasteiger partial charge on any atom is -0.490 e. The second-order valence-electron chi connectivity index (χ2n) is 13.0. The van der Waals surface area contributed by atoms with Crippen LogP contribution >= 0.6 is 11.6 Å². The third-order valence-corrected chi connectivity index (χ3v) is 12.3. The molecule has 2 bridgehead atoms. The number of carbonyl (C=O) groups excluding carboxylic acids is 1. The average molecular weight is 613 g/mol. The van der Waals surface area contributed by atoms with Crippen LogP contribution in [0.4, 0.5) is 5.69 Å². The van der Waals surface area contributed by atoms with E-state index in [4.69, 9.17) is 21.1 Å². The first-order valence-electron chi connectivity index (χ1n) is 15.9. The number of carbonyl (C=O) groups is 1. The summed E-state index contributed by atoms with van der Waals surface area (Å²) >= 11 is 6.43. The third-order valence-electron chi connectivity index (χ3n) is 10.5. The minimum atomic E-state index is -1.42. The summed E-state index contributed by atoms with van der Waals surface area (Å²) in [5.41, 5.74) is 4.03. The number of nitrogens with zero attached hydrogens (tertiary/aromatic N) is 1. The van der Waals surface area contributed by atoms with Gasteiger partial charge in [-0.15, -0.1) is 0 Å². The smallest absolute Gasteiger partial charge is 0.263 e. The molecule has 1 saturated carbocycles. The second-order valence-corrected chi connectivity index (χ2v) is 14.9. The van der Waals surface area contributed by atoms with Crippen LogP contribution in [0, 0.1) is 17.8 Å². The molecular weight excluding hydrogens is 568 g/mol. The van der Waals surface area contributed by atoms with Gasteiger partial charge in [0.2, 0.25) is 0 Å². The number of hydrogen-bond donors (Lipinski definition) is 1. The molecule has 4 aliphatic rings. The highest BCUT2D eigenvalue weighted by molar-refractivity contribution is 7.84. The van der Waals surface area contributed by atoms with Crippen molar-refractivity contribution in [2.75, 3.05) is 38.3 Å². The number of hydrogen-bond acceptors (Lipinski definition) is 5. The predicted molar refractivity (Wildman–Crippen MR) is 170 cm³/mol. The van der Waals surface area contributed by atoms with E-state index in [-0.39, 0.29) is 16.6 Å². The number of anilines is 1. The van der Waals surface area contributed by atoms with E-state index in [1.807, 2.05) is 31.4 Å². The van der Waals surface area contributed by atoms with Crippen LogP contribution < -0.4 is 14.4 Å². The lowest BCUT2D eigenvalue weighted by Gasteiger charge is -2.46. The van der Waals surface area contributed by atoms with Crippen LogP contribution in [-0.4, -0.2) is 48.8 Å². The Morgan fingerprint density at radius 2 is 1.98 bits per heavy atom. The van der Waals surface area contributed by atoms with Crippen LogP contribution in [0.15, 0.2) is 36.4 Å². The monoisotopic (exact) mass is 612 g/mol. The van der Waals surface area contributed by atoms with Gasteiger partial charge in [0.15, 0.2) is 0 Å². The van der Waals surface area contributed by atoms with Crippen molar-refractivity contribution in [1.29, 1.82) is 0 Å². The van der Waals surface area contributed by atoms with Gasteiger partial charge in [-0.25, -0.2) is 4.21 Å². The zero-order valence-corrected chi connectivity index (χ0v) is 26.6. The Hall–Kier alpha value is -2.09. The van der Waals surface area contributed by atoms with E-state index in [0.717, 1.165) is 87.5 Å². The van der Waals surface area contributed by atoms with Crippen molar-refractivity contribution in [2.45, 2.75) is 81.8 Å². The summed E-state index contributed by atoms with van der Waals surface area (Å²) in [5, 5.41) is 0.744. The van der Waals surface area contributed by atoms with Crippen LogP contribution in [-0.2, 0) is 27.6 Å². The molecule has 2 aliphatic carbocycles. The number of fused-ring (bicyclic) bond motifs is 4. The molecule has 2 aliphatic heterocycles. The quantitative estimate of drug-likeness (QED) is 0.411. The number of nitrogens with one attached hydrogen (secondary N) is 1. The van der Waals surface area contributed by atoms with Crippen molar-refractivity contribution in [3.8, 4) is 5.75 Å². The normalized spacial score (nSPS) is 31.6. The number of aryl methyl sites for hydroxylation is 1. The molecular formula is C34H45ClN2O4S. The molecule has 0 radical (unpaired) electrons. The fraction of sp³-hybridized carbons (Fsp3) is 0.618. The summed E-state index contributed by atoms with van der Waals surface area (Å²) in [6, 6.07) is 12.1. The van der Waals surface area contributed by atoms with Gasteiger partial charge in [0, 0.05) is 42.8 Å². The fourth-order valence-corrected chi connectivity index (χ4v) is 9.44. The van der Waals surface area contributed by atoms with Gasteiger partial charge in [-0.1, -0.05) is 37.4 Å². The zero-order chi connectivity index (χ0) is 29.3. The Balaban J connectivity index is 1.39. The summed E-state index contributed by atoms with van der Waals surface area (Å²) in [4.78, 5) is 15.9. The number of benzene rings is 2. The lowest BCUT2D eigenvalue weighted by molar-refractivity contribution is 0.0388. The van der Waals surface area contributed by atoms with Gasteiger partial charge in [-0.05, 0) is 111 Å². The van der Waals surface area contributed by atoms with E-state index in [0.29, 0.717) is 29.9 Å². The molecule has 1 fully saturated rings. The summed E-state index contributed by atoms with van der Waals surface area (Å²) in [5.74, 6) is 2.28. The fourth-order valence-electron chi connectivity index (χ4n) is 8.09. The third kappa shape index (κ3) is 5.98. The van der Waals surface area contributed by atoms with Crippen LogP contribution in [0.1, 0.15) is 86.2 Å². The first kappa shape index (κ1) is 30.0. The maximum Gasteiger partial charge on any atom is 0.263 e. The van der Waals surface area contributed by atoms with E-state index in [1.165, 1.54) is 24.0 Å².